The van der Waals surface area contributed by atoms with Crippen LogP contribution in [-0.4, -0.2) is 21.3 Å². The van der Waals surface area contributed by atoms with Gasteiger partial charge in [-0.3, -0.25) is 0 Å². The summed E-state index contributed by atoms with van der Waals surface area (Å²) in [5.41, 5.74) is 4.64. The van der Waals surface area contributed by atoms with Crippen molar-refractivity contribution in [3.63, 3.8) is 0 Å². The van der Waals surface area contributed by atoms with E-state index in [1.165, 1.54) is 11.1 Å². The third-order valence-electron chi connectivity index (χ3n) is 2.93. The highest BCUT2D eigenvalue weighted by Gasteiger charge is 2.11. The molecule has 0 fully saturated rings. The molecule has 18 heavy (non-hydrogen) atoms. The summed E-state index contributed by atoms with van der Waals surface area (Å²) in [6.45, 7) is 10.1. The molecule has 0 unspecified atom stereocenters. The zero-order valence-corrected chi connectivity index (χ0v) is 11.5. The van der Waals surface area contributed by atoms with Crippen LogP contribution in [0.15, 0.2) is 18.5 Å². The molecule has 0 aliphatic carbocycles. The number of nitrogens with zero attached hydrogens (tertiary/aromatic N) is 3. The van der Waals surface area contributed by atoms with E-state index in [4.69, 9.17) is 0 Å². The minimum Gasteiger partial charge on any atom is -0.313 e. The van der Waals surface area contributed by atoms with Gasteiger partial charge in [-0.2, -0.15) is 5.10 Å². The summed E-state index contributed by atoms with van der Waals surface area (Å²) in [5.74, 6) is 0.932. The molecule has 2 aromatic rings. The zero-order chi connectivity index (χ0) is 13.1. The minimum atomic E-state index is 0.823. The van der Waals surface area contributed by atoms with E-state index in [9.17, 15) is 0 Å². The summed E-state index contributed by atoms with van der Waals surface area (Å²) in [6, 6.07) is 2.12. The van der Waals surface area contributed by atoms with E-state index in [1.54, 1.807) is 0 Å². The quantitative estimate of drug-likeness (QED) is 0.897. The smallest absolute Gasteiger partial charge is 0.158 e. The highest BCUT2D eigenvalue weighted by Crippen LogP contribution is 2.17. The van der Waals surface area contributed by atoms with Crippen LogP contribution >= 0.6 is 0 Å². The first-order valence-electron chi connectivity index (χ1n) is 6.31. The topological polar surface area (TPSA) is 42.7 Å². The van der Waals surface area contributed by atoms with Crippen molar-refractivity contribution in [3.05, 3.63) is 40.8 Å². The number of pyridine rings is 1. The second-order valence-corrected chi connectivity index (χ2v) is 4.63. The monoisotopic (exact) mass is 244 g/mol. The molecule has 0 saturated heterocycles. The highest BCUT2D eigenvalue weighted by atomic mass is 15.3. The predicted octanol–water partition coefficient (Wildman–Crippen LogP) is 2.30. The summed E-state index contributed by atoms with van der Waals surface area (Å²) >= 11 is 0. The Kier molecular flexibility index (Phi) is 3.77. The van der Waals surface area contributed by atoms with Gasteiger partial charge in [-0.05, 0) is 44.5 Å². The van der Waals surface area contributed by atoms with Crippen LogP contribution in [0.25, 0.3) is 5.82 Å². The number of rotatable bonds is 4. The normalized spacial score (nSPS) is 10.9. The lowest BCUT2D eigenvalue weighted by Crippen LogP contribution is -2.16. The van der Waals surface area contributed by atoms with Gasteiger partial charge in [0.1, 0.15) is 0 Å². The number of nitrogens with one attached hydrogen (secondary N) is 1. The summed E-state index contributed by atoms with van der Waals surface area (Å²) in [7, 11) is 0. The maximum absolute atomic E-state index is 4.63. The van der Waals surface area contributed by atoms with Crippen molar-refractivity contribution in [2.24, 2.45) is 0 Å². The van der Waals surface area contributed by atoms with Gasteiger partial charge in [-0.15, -0.1) is 0 Å². The largest absolute Gasteiger partial charge is 0.313 e. The Morgan fingerprint density at radius 1 is 1.28 bits per heavy atom. The van der Waals surface area contributed by atoms with Crippen LogP contribution < -0.4 is 5.32 Å². The fourth-order valence-corrected chi connectivity index (χ4v) is 2.03. The number of hydrogen-bond donors (Lipinski definition) is 1. The van der Waals surface area contributed by atoms with E-state index in [0.717, 1.165) is 30.2 Å². The van der Waals surface area contributed by atoms with Crippen LogP contribution in [0.1, 0.15) is 29.3 Å². The number of aryl methyl sites for hydroxylation is 3. The molecule has 1 N–H and O–H groups in total. The predicted molar refractivity (Wildman–Crippen MR) is 73.0 cm³/mol. The molecule has 2 heterocycles. The van der Waals surface area contributed by atoms with Crippen molar-refractivity contribution in [1.82, 2.24) is 20.1 Å². The molecule has 2 aromatic heterocycles. The summed E-state index contributed by atoms with van der Waals surface area (Å²) in [6.07, 6.45) is 3.87. The van der Waals surface area contributed by atoms with Gasteiger partial charge in [0.2, 0.25) is 0 Å². The van der Waals surface area contributed by atoms with Gasteiger partial charge >= 0.3 is 0 Å². The van der Waals surface area contributed by atoms with E-state index in [2.05, 4.69) is 35.3 Å². The fraction of sp³-hybridized carbons (Fsp3) is 0.429. The lowest BCUT2D eigenvalue weighted by molar-refractivity contribution is 0.704. The van der Waals surface area contributed by atoms with Crippen LogP contribution in [0.3, 0.4) is 0 Å². The number of hydrogen-bond acceptors (Lipinski definition) is 3. The molecule has 0 bridgehead atoms. The molecule has 0 amide bonds. The molecule has 0 radical (unpaired) electrons. The van der Waals surface area contributed by atoms with Gasteiger partial charge in [0.05, 0.1) is 6.20 Å². The van der Waals surface area contributed by atoms with Crippen molar-refractivity contribution in [2.75, 3.05) is 6.54 Å². The number of aromatic nitrogens is 3. The van der Waals surface area contributed by atoms with Crippen molar-refractivity contribution >= 4 is 0 Å². The molecular formula is C14H20N4. The Morgan fingerprint density at radius 2 is 2.06 bits per heavy atom. The van der Waals surface area contributed by atoms with E-state index in [-0.39, 0.29) is 0 Å². The molecule has 4 heteroatoms. The van der Waals surface area contributed by atoms with E-state index in [0.29, 0.717) is 0 Å². The molecule has 4 nitrogen and oxygen atoms in total. The molecular weight excluding hydrogens is 224 g/mol. The van der Waals surface area contributed by atoms with Gasteiger partial charge in [0.15, 0.2) is 5.82 Å². The molecule has 96 valence electrons. The average Bonchev–Trinajstić information content (AvgIpc) is 2.74. The second-order valence-electron chi connectivity index (χ2n) is 4.63. The zero-order valence-electron chi connectivity index (χ0n) is 11.5. The SMILES string of the molecule is CCNCc1c(C)cc(C)nc1-n1cc(C)cn1. The Hall–Kier alpha value is -1.68. The van der Waals surface area contributed by atoms with Crippen LogP contribution in [0.2, 0.25) is 0 Å². The van der Waals surface area contributed by atoms with Crippen LogP contribution in [-0.2, 0) is 6.54 Å². The molecule has 0 atom stereocenters. The van der Waals surface area contributed by atoms with Crippen LogP contribution in [0.4, 0.5) is 0 Å². The Morgan fingerprint density at radius 3 is 2.67 bits per heavy atom. The summed E-state index contributed by atoms with van der Waals surface area (Å²) < 4.78 is 1.86. The third-order valence-corrected chi connectivity index (χ3v) is 2.93. The van der Waals surface area contributed by atoms with Crippen LogP contribution in [0.5, 0.6) is 0 Å². The maximum Gasteiger partial charge on any atom is 0.158 e. The van der Waals surface area contributed by atoms with Gasteiger partial charge < -0.3 is 5.32 Å². The van der Waals surface area contributed by atoms with Crippen molar-refractivity contribution < 1.29 is 0 Å². The molecule has 0 aromatic carbocycles. The van der Waals surface area contributed by atoms with E-state index >= 15 is 0 Å². The highest BCUT2D eigenvalue weighted by molar-refractivity contribution is 5.41. The lowest BCUT2D eigenvalue weighted by atomic mass is 10.1. The summed E-state index contributed by atoms with van der Waals surface area (Å²) in [5, 5.41) is 7.72. The minimum absolute atomic E-state index is 0.823. The molecule has 0 aliphatic rings. The Balaban J connectivity index is 2.49. The van der Waals surface area contributed by atoms with Crippen LogP contribution in [0, 0.1) is 20.8 Å². The first-order chi connectivity index (χ1) is 8.61. The Bertz CT molecular complexity index is 543. The maximum atomic E-state index is 4.63. The molecule has 0 spiro atoms. The van der Waals surface area contributed by atoms with Crippen molar-refractivity contribution in [2.45, 2.75) is 34.2 Å². The first-order valence-corrected chi connectivity index (χ1v) is 6.31. The fourth-order valence-electron chi connectivity index (χ4n) is 2.03. The second kappa shape index (κ2) is 5.31. The first kappa shape index (κ1) is 12.8. The van der Waals surface area contributed by atoms with Gasteiger partial charge in [0.25, 0.3) is 0 Å². The molecule has 0 aliphatic heterocycles. The third kappa shape index (κ3) is 2.59. The van der Waals surface area contributed by atoms with Crippen molar-refractivity contribution in [1.29, 1.82) is 0 Å². The van der Waals surface area contributed by atoms with Gasteiger partial charge in [-0.1, -0.05) is 6.92 Å². The molecule has 0 saturated carbocycles. The van der Waals surface area contributed by atoms with Crippen molar-refractivity contribution in [3.8, 4) is 5.82 Å². The Labute approximate surface area is 108 Å². The average molecular weight is 244 g/mol. The standard InChI is InChI=1S/C14H20N4/c1-5-15-8-13-11(3)6-12(4)17-14(13)18-9-10(2)7-16-18/h6-7,9,15H,5,8H2,1-4H3. The van der Waals surface area contributed by atoms with Gasteiger partial charge in [-0.25, -0.2) is 9.67 Å². The molecule has 2 rings (SSSR count). The van der Waals surface area contributed by atoms with Gasteiger partial charge in [0, 0.05) is 24.0 Å². The summed E-state index contributed by atoms with van der Waals surface area (Å²) in [4.78, 5) is 4.63. The lowest BCUT2D eigenvalue weighted by Gasteiger charge is -2.13. The van der Waals surface area contributed by atoms with E-state index in [1.807, 2.05) is 30.9 Å². The van der Waals surface area contributed by atoms with E-state index < -0.39 is 0 Å².